The number of nitrogens with zero attached hydrogens (tertiary/aromatic N) is 2. The average Bonchev–Trinajstić information content (AvgIpc) is 3.22. The van der Waals surface area contributed by atoms with Crippen molar-refractivity contribution < 1.29 is 19.1 Å². The molecule has 18 heavy (non-hydrogen) atoms. The normalized spacial score (nSPS) is 29.8. The zero-order valence-corrected chi connectivity index (χ0v) is 10.3. The Bertz CT molecular complexity index is 310. The van der Waals surface area contributed by atoms with E-state index in [9.17, 15) is 9.59 Å². The van der Waals surface area contributed by atoms with Crippen molar-refractivity contribution in [2.75, 3.05) is 26.2 Å². The SMILES string of the molecule is O=C(OC1CCC(OC(=O)N2CC2)CC1)N1CC1. The summed E-state index contributed by atoms with van der Waals surface area (Å²) < 4.78 is 10.7. The van der Waals surface area contributed by atoms with Crippen LogP contribution in [0.15, 0.2) is 0 Å². The molecule has 0 atom stereocenters. The highest BCUT2D eigenvalue weighted by atomic mass is 16.6. The van der Waals surface area contributed by atoms with Gasteiger partial charge in [0.05, 0.1) is 0 Å². The maximum Gasteiger partial charge on any atom is 0.410 e. The Morgan fingerprint density at radius 3 is 1.33 bits per heavy atom. The third kappa shape index (κ3) is 2.86. The highest BCUT2D eigenvalue weighted by Crippen LogP contribution is 2.25. The first-order valence-electron chi connectivity index (χ1n) is 6.63. The van der Waals surface area contributed by atoms with Gasteiger partial charge in [-0.25, -0.2) is 9.59 Å². The lowest BCUT2D eigenvalue weighted by atomic mass is 9.95. The lowest BCUT2D eigenvalue weighted by Crippen LogP contribution is -2.31. The largest absolute Gasteiger partial charge is 0.446 e. The fourth-order valence-electron chi connectivity index (χ4n) is 2.17. The van der Waals surface area contributed by atoms with Gasteiger partial charge in [-0.1, -0.05) is 0 Å². The summed E-state index contributed by atoms with van der Waals surface area (Å²) in [5, 5.41) is 0. The molecule has 2 saturated heterocycles. The first-order chi connectivity index (χ1) is 8.72. The van der Waals surface area contributed by atoms with Gasteiger partial charge < -0.3 is 19.3 Å². The van der Waals surface area contributed by atoms with Gasteiger partial charge in [0.1, 0.15) is 12.2 Å². The molecule has 2 heterocycles. The fraction of sp³-hybridized carbons (Fsp3) is 0.833. The molecule has 3 fully saturated rings. The lowest BCUT2D eigenvalue weighted by molar-refractivity contribution is 0.0134. The second-order valence-electron chi connectivity index (χ2n) is 5.14. The van der Waals surface area contributed by atoms with E-state index in [0.717, 1.165) is 51.9 Å². The molecule has 2 amide bonds. The van der Waals surface area contributed by atoms with Gasteiger partial charge in [-0.2, -0.15) is 0 Å². The third-order valence-electron chi connectivity index (χ3n) is 3.57. The van der Waals surface area contributed by atoms with E-state index < -0.39 is 0 Å². The third-order valence-corrected chi connectivity index (χ3v) is 3.57. The van der Waals surface area contributed by atoms with Crippen LogP contribution in [0.5, 0.6) is 0 Å². The van der Waals surface area contributed by atoms with E-state index in [2.05, 4.69) is 0 Å². The Hall–Kier alpha value is -1.46. The standard InChI is InChI=1S/C12H18N2O4/c15-11(13-5-6-13)17-9-1-2-10(4-3-9)18-12(16)14-7-8-14/h9-10H,1-8H2. The van der Waals surface area contributed by atoms with Crippen LogP contribution < -0.4 is 0 Å². The number of hydrogen-bond acceptors (Lipinski definition) is 4. The summed E-state index contributed by atoms with van der Waals surface area (Å²) in [6.07, 6.45) is 2.76. The number of amides is 2. The zero-order chi connectivity index (χ0) is 12.5. The minimum Gasteiger partial charge on any atom is -0.446 e. The van der Waals surface area contributed by atoms with E-state index in [0.29, 0.717) is 0 Å². The van der Waals surface area contributed by atoms with E-state index in [1.54, 1.807) is 9.80 Å². The summed E-state index contributed by atoms with van der Waals surface area (Å²) in [4.78, 5) is 26.2. The summed E-state index contributed by atoms with van der Waals surface area (Å²) >= 11 is 0. The summed E-state index contributed by atoms with van der Waals surface area (Å²) in [5.74, 6) is 0. The second-order valence-corrected chi connectivity index (χ2v) is 5.14. The molecule has 3 rings (SSSR count). The minimum absolute atomic E-state index is 0.00529. The second kappa shape index (κ2) is 4.66. The highest BCUT2D eigenvalue weighted by Gasteiger charge is 2.33. The summed E-state index contributed by atoms with van der Waals surface area (Å²) in [6, 6.07) is 0. The lowest BCUT2D eigenvalue weighted by Gasteiger charge is -2.28. The van der Waals surface area contributed by atoms with Gasteiger partial charge in [0.15, 0.2) is 0 Å². The summed E-state index contributed by atoms with van der Waals surface area (Å²) in [7, 11) is 0. The molecule has 0 aromatic carbocycles. The molecule has 3 aliphatic rings. The van der Waals surface area contributed by atoms with E-state index >= 15 is 0 Å². The molecule has 0 spiro atoms. The topological polar surface area (TPSA) is 58.6 Å². The molecular formula is C12H18N2O4. The molecule has 1 saturated carbocycles. The monoisotopic (exact) mass is 254 g/mol. The Labute approximate surface area is 106 Å². The number of carbonyl (C=O) groups is 2. The summed E-state index contributed by atoms with van der Waals surface area (Å²) in [6.45, 7) is 3.28. The molecule has 0 unspecified atom stereocenters. The van der Waals surface area contributed by atoms with Gasteiger partial charge in [-0.3, -0.25) is 0 Å². The van der Waals surface area contributed by atoms with Crippen molar-refractivity contribution in [2.45, 2.75) is 37.9 Å². The van der Waals surface area contributed by atoms with Crippen LogP contribution in [0, 0.1) is 0 Å². The number of hydrogen-bond donors (Lipinski definition) is 0. The van der Waals surface area contributed by atoms with Gasteiger partial charge in [0.25, 0.3) is 0 Å². The average molecular weight is 254 g/mol. The van der Waals surface area contributed by atoms with Crippen molar-refractivity contribution in [3.05, 3.63) is 0 Å². The fourth-order valence-corrected chi connectivity index (χ4v) is 2.17. The van der Waals surface area contributed by atoms with E-state index in [-0.39, 0.29) is 24.4 Å². The van der Waals surface area contributed by atoms with Crippen molar-refractivity contribution in [3.8, 4) is 0 Å². The van der Waals surface area contributed by atoms with Crippen molar-refractivity contribution in [1.82, 2.24) is 9.80 Å². The van der Waals surface area contributed by atoms with Crippen LogP contribution in [0.1, 0.15) is 25.7 Å². The smallest absolute Gasteiger partial charge is 0.410 e. The molecule has 100 valence electrons. The van der Waals surface area contributed by atoms with E-state index in [1.807, 2.05) is 0 Å². The van der Waals surface area contributed by atoms with Gasteiger partial charge in [0, 0.05) is 26.2 Å². The quantitative estimate of drug-likeness (QED) is 0.695. The van der Waals surface area contributed by atoms with Gasteiger partial charge in [0.2, 0.25) is 0 Å². The van der Waals surface area contributed by atoms with E-state index in [1.165, 1.54) is 0 Å². The van der Waals surface area contributed by atoms with Crippen LogP contribution in [-0.4, -0.2) is 60.4 Å². The molecule has 0 radical (unpaired) electrons. The first-order valence-corrected chi connectivity index (χ1v) is 6.63. The van der Waals surface area contributed by atoms with Crippen LogP contribution in [0.25, 0.3) is 0 Å². The molecular weight excluding hydrogens is 236 g/mol. The Morgan fingerprint density at radius 2 is 1.06 bits per heavy atom. The highest BCUT2D eigenvalue weighted by molar-refractivity contribution is 5.70. The Balaban J connectivity index is 1.37. The summed E-state index contributed by atoms with van der Waals surface area (Å²) in [5.41, 5.74) is 0. The van der Waals surface area contributed by atoms with Crippen LogP contribution in [0.4, 0.5) is 9.59 Å². The van der Waals surface area contributed by atoms with Crippen molar-refractivity contribution >= 4 is 12.2 Å². The number of ether oxygens (including phenoxy) is 2. The maximum absolute atomic E-state index is 11.4. The number of rotatable bonds is 2. The zero-order valence-electron chi connectivity index (χ0n) is 10.3. The van der Waals surface area contributed by atoms with Crippen molar-refractivity contribution in [1.29, 1.82) is 0 Å². The molecule has 0 N–H and O–H groups in total. The predicted octanol–water partition coefficient (Wildman–Crippen LogP) is 1.20. The van der Waals surface area contributed by atoms with Crippen LogP contribution in [0.2, 0.25) is 0 Å². The Kier molecular flexibility index (Phi) is 3.01. The van der Waals surface area contributed by atoms with E-state index in [4.69, 9.17) is 9.47 Å². The predicted molar refractivity (Wildman–Crippen MR) is 62.2 cm³/mol. The minimum atomic E-state index is -0.195. The van der Waals surface area contributed by atoms with Crippen LogP contribution in [0.3, 0.4) is 0 Å². The van der Waals surface area contributed by atoms with Gasteiger partial charge in [-0.15, -0.1) is 0 Å². The van der Waals surface area contributed by atoms with Gasteiger partial charge >= 0.3 is 12.2 Å². The molecule has 6 heteroatoms. The molecule has 0 aromatic heterocycles. The first kappa shape index (κ1) is 11.6. The van der Waals surface area contributed by atoms with Crippen molar-refractivity contribution in [3.63, 3.8) is 0 Å². The van der Waals surface area contributed by atoms with Crippen LogP contribution >= 0.6 is 0 Å². The van der Waals surface area contributed by atoms with Crippen LogP contribution in [-0.2, 0) is 9.47 Å². The molecule has 2 aliphatic heterocycles. The maximum atomic E-state index is 11.4. The molecule has 1 aliphatic carbocycles. The Morgan fingerprint density at radius 1 is 0.722 bits per heavy atom. The van der Waals surface area contributed by atoms with Gasteiger partial charge in [-0.05, 0) is 25.7 Å². The number of carbonyl (C=O) groups excluding carboxylic acids is 2. The molecule has 0 bridgehead atoms. The molecule has 0 aromatic rings. The van der Waals surface area contributed by atoms with Crippen molar-refractivity contribution in [2.24, 2.45) is 0 Å². The molecule has 6 nitrogen and oxygen atoms in total.